The molecule has 0 aliphatic heterocycles. The number of amides is 1. The molecule has 118 valence electrons. The van der Waals surface area contributed by atoms with Gasteiger partial charge < -0.3 is 14.8 Å². The van der Waals surface area contributed by atoms with Gasteiger partial charge in [0.15, 0.2) is 11.3 Å². The summed E-state index contributed by atoms with van der Waals surface area (Å²) in [7, 11) is 0. The number of aryl methyl sites for hydroxylation is 1. The normalized spacial score (nSPS) is 12.3. The minimum atomic E-state index is -0.683. The molecule has 3 aromatic rings. The Balaban J connectivity index is 1.99. The van der Waals surface area contributed by atoms with E-state index in [0.29, 0.717) is 21.9 Å². The standard InChI is InChI=1S/C18H16ClNO3/c1-10-12-7-5-8-14(19)17(12)23-16(10)18(22)20-15-9-4-3-6-13(15)11(2)21/h3-9,11,21H,1-2H3,(H,20,22). The number of fused-ring (bicyclic) bond motifs is 1. The number of para-hydroxylation sites is 2. The molecule has 23 heavy (non-hydrogen) atoms. The predicted octanol–water partition coefficient (Wildman–Crippen LogP) is 4.70. The van der Waals surface area contributed by atoms with Crippen LogP contribution in [0.25, 0.3) is 11.0 Å². The molecule has 0 saturated heterocycles. The summed E-state index contributed by atoms with van der Waals surface area (Å²) in [5.41, 5.74) is 2.43. The number of aliphatic hydroxyl groups excluding tert-OH is 1. The Kier molecular flexibility index (Phi) is 4.11. The molecule has 1 amide bonds. The molecule has 0 radical (unpaired) electrons. The van der Waals surface area contributed by atoms with Gasteiger partial charge in [-0.2, -0.15) is 0 Å². The minimum absolute atomic E-state index is 0.216. The van der Waals surface area contributed by atoms with Crippen LogP contribution in [0.1, 0.15) is 34.7 Å². The summed E-state index contributed by atoms with van der Waals surface area (Å²) in [6.45, 7) is 3.47. The van der Waals surface area contributed by atoms with E-state index in [1.807, 2.05) is 25.1 Å². The summed E-state index contributed by atoms with van der Waals surface area (Å²) < 4.78 is 5.66. The molecule has 1 aromatic heterocycles. The van der Waals surface area contributed by atoms with Crippen molar-refractivity contribution in [2.24, 2.45) is 0 Å². The number of aliphatic hydroxyl groups is 1. The molecule has 2 aromatic carbocycles. The number of benzene rings is 2. The van der Waals surface area contributed by atoms with Gasteiger partial charge in [0.1, 0.15) is 0 Å². The molecule has 5 heteroatoms. The lowest BCUT2D eigenvalue weighted by molar-refractivity contribution is 0.0997. The molecule has 2 N–H and O–H groups in total. The first-order valence-corrected chi connectivity index (χ1v) is 7.62. The van der Waals surface area contributed by atoms with Gasteiger partial charge in [-0.25, -0.2) is 0 Å². The van der Waals surface area contributed by atoms with Crippen molar-refractivity contribution in [2.75, 3.05) is 5.32 Å². The smallest absolute Gasteiger partial charge is 0.291 e. The van der Waals surface area contributed by atoms with Crippen LogP contribution in [0, 0.1) is 6.92 Å². The third-order valence-electron chi connectivity index (χ3n) is 3.78. The first-order chi connectivity index (χ1) is 11.0. The Hall–Kier alpha value is -2.30. The van der Waals surface area contributed by atoms with Gasteiger partial charge in [-0.1, -0.05) is 41.9 Å². The first kappa shape index (κ1) is 15.6. The fourth-order valence-electron chi connectivity index (χ4n) is 2.58. The van der Waals surface area contributed by atoms with E-state index in [-0.39, 0.29) is 11.7 Å². The first-order valence-electron chi connectivity index (χ1n) is 7.25. The summed E-state index contributed by atoms with van der Waals surface area (Å²) in [6.07, 6.45) is -0.683. The van der Waals surface area contributed by atoms with Gasteiger partial charge in [-0.05, 0) is 26.0 Å². The van der Waals surface area contributed by atoms with Gasteiger partial charge in [0.25, 0.3) is 5.91 Å². The quantitative estimate of drug-likeness (QED) is 0.732. The molecule has 0 saturated carbocycles. The van der Waals surface area contributed by atoms with E-state index in [1.165, 1.54) is 0 Å². The lowest BCUT2D eigenvalue weighted by Gasteiger charge is -2.12. The number of carbonyl (C=O) groups excluding carboxylic acids is 1. The lowest BCUT2D eigenvalue weighted by atomic mass is 10.1. The third kappa shape index (κ3) is 2.83. The summed E-state index contributed by atoms with van der Waals surface area (Å²) in [5, 5.41) is 13.9. The summed E-state index contributed by atoms with van der Waals surface area (Å²) >= 11 is 6.12. The highest BCUT2D eigenvalue weighted by molar-refractivity contribution is 6.35. The molecule has 0 fully saturated rings. The van der Waals surface area contributed by atoms with Crippen LogP contribution in [0.5, 0.6) is 0 Å². The lowest BCUT2D eigenvalue weighted by Crippen LogP contribution is -2.14. The maximum absolute atomic E-state index is 12.6. The molecule has 0 bridgehead atoms. The van der Waals surface area contributed by atoms with E-state index in [9.17, 15) is 9.90 Å². The van der Waals surface area contributed by atoms with Crippen LogP contribution >= 0.6 is 11.6 Å². The molecule has 0 aliphatic rings. The zero-order valence-electron chi connectivity index (χ0n) is 12.8. The van der Waals surface area contributed by atoms with Crippen LogP contribution in [0.3, 0.4) is 0 Å². The van der Waals surface area contributed by atoms with E-state index in [0.717, 1.165) is 10.9 Å². The van der Waals surface area contributed by atoms with Gasteiger partial charge in [0.2, 0.25) is 0 Å². The number of carbonyl (C=O) groups is 1. The largest absolute Gasteiger partial charge is 0.449 e. The van der Waals surface area contributed by atoms with E-state index in [4.69, 9.17) is 16.0 Å². The van der Waals surface area contributed by atoms with Gasteiger partial charge in [-0.15, -0.1) is 0 Å². The number of nitrogens with one attached hydrogen (secondary N) is 1. The number of hydrogen-bond donors (Lipinski definition) is 2. The summed E-state index contributed by atoms with van der Waals surface area (Å²) in [4.78, 5) is 12.6. The van der Waals surface area contributed by atoms with Crippen LogP contribution in [-0.2, 0) is 0 Å². The summed E-state index contributed by atoms with van der Waals surface area (Å²) in [5.74, 6) is -0.156. The monoisotopic (exact) mass is 329 g/mol. The second-order valence-corrected chi connectivity index (χ2v) is 5.80. The Morgan fingerprint density at radius 3 is 2.65 bits per heavy atom. The average molecular weight is 330 g/mol. The molecule has 4 nitrogen and oxygen atoms in total. The van der Waals surface area contributed by atoms with E-state index in [2.05, 4.69) is 5.32 Å². The fourth-order valence-corrected chi connectivity index (χ4v) is 2.79. The highest BCUT2D eigenvalue weighted by Gasteiger charge is 2.20. The van der Waals surface area contributed by atoms with Crippen molar-refractivity contribution < 1.29 is 14.3 Å². The second kappa shape index (κ2) is 6.07. The molecule has 3 rings (SSSR count). The van der Waals surface area contributed by atoms with Crippen LogP contribution in [0.4, 0.5) is 5.69 Å². The van der Waals surface area contributed by atoms with Crippen LogP contribution in [-0.4, -0.2) is 11.0 Å². The zero-order valence-corrected chi connectivity index (χ0v) is 13.5. The number of anilines is 1. The molecule has 0 spiro atoms. The SMILES string of the molecule is Cc1c(C(=O)Nc2ccccc2C(C)O)oc2c(Cl)cccc12. The van der Waals surface area contributed by atoms with E-state index < -0.39 is 6.10 Å². The zero-order chi connectivity index (χ0) is 16.6. The van der Waals surface area contributed by atoms with Crippen molar-refractivity contribution in [3.8, 4) is 0 Å². The van der Waals surface area contributed by atoms with Gasteiger partial charge in [-0.3, -0.25) is 4.79 Å². The highest BCUT2D eigenvalue weighted by Crippen LogP contribution is 2.31. The van der Waals surface area contributed by atoms with Crippen LogP contribution in [0.15, 0.2) is 46.9 Å². The van der Waals surface area contributed by atoms with Crippen molar-refractivity contribution >= 4 is 34.2 Å². The molecule has 1 heterocycles. The molecule has 1 atom stereocenters. The Labute approximate surface area is 138 Å². The molecule has 1 unspecified atom stereocenters. The van der Waals surface area contributed by atoms with Crippen LogP contribution in [0.2, 0.25) is 5.02 Å². The number of furan rings is 1. The van der Waals surface area contributed by atoms with Crippen LogP contribution < -0.4 is 5.32 Å². The van der Waals surface area contributed by atoms with E-state index in [1.54, 1.807) is 31.2 Å². The van der Waals surface area contributed by atoms with Crippen molar-refractivity contribution in [1.29, 1.82) is 0 Å². The fraction of sp³-hybridized carbons (Fsp3) is 0.167. The minimum Gasteiger partial charge on any atom is -0.449 e. The predicted molar refractivity (Wildman–Crippen MR) is 91.0 cm³/mol. The highest BCUT2D eigenvalue weighted by atomic mass is 35.5. The second-order valence-electron chi connectivity index (χ2n) is 5.39. The maximum Gasteiger partial charge on any atom is 0.291 e. The maximum atomic E-state index is 12.6. The van der Waals surface area contributed by atoms with Crippen molar-refractivity contribution in [1.82, 2.24) is 0 Å². The number of rotatable bonds is 3. The van der Waals surface area contributed by atoms with Gasteiger partial charge >= 0.3 is 0 Å². The van der Waals surface area contributed by atoms with Crippen molar-refractivity contribution in [3.63, 3.8) is 0 Å². The molecule has 0 aliphatic carbocycles. The van der Waals surface area contributed by atoms with Crippen molar-refractivity contribution in [3.05, 3.63) is 64.4 Å². The Bertz CT molecular complexity index is 883. The van der Waals surface area contributed by atoms with Gasteiger partial charge in [0, 0.05) is 22.2 Å². The van der Waals surface area contributed by atoms with E-state index >= 15 is 0 Å². The number of halogens is 1. The topological polar surface area (TPSA) is 62.5 Å². The molecular formula is C18H16ClNO3. The average Bonchev–Trinajstić information content (AvgIpc) is 2.86. The summed E-state index contributed by atoms with van der Waals surface area (Å²) in [6, 6.07) is 12.5. The Morgan fingerprint density at radius 2 is 1.96 bits per heavy atom. The van der Waals surface area contributed by atoms with Crippen molar-refractivity contribution in [2.45, 2.75) is 20.0 Å². The Morgan fingerprint density at radius 1 is 1.22 bits per heavy atom. The molecular weight excluding hydrogens is 314 g/mol. The van der Waals surface area contributed by atoms with Gasteiger partial charge in [0.05, 0.1) is 11.1 Å². The third-order valence-corrected chi connectivity index (χ3v) is 4.08. The number of hydrogen-bond acceptors (Lipinski definition) is 3.